The lowest BCUT2D eigenvalue weighted by atomic mass is 9.95. The molecule has 4 heterocycles. The van der Waals surface area contributed by atoms with E-state index in [-0.39, 0.29) is 5.63 Å². The van der Waals surface area contributed by atoms with E-state index in [1.54, 1.807) is 6.07 Å². The van der Waals surface area contributed by atoms with Crippen LogP contribution in [0.2, 0.25) is 0 Å². The molecule has 30 heavy (non-hydrogen) atoms. The second kappa shape index (κ2) is 7.06. The molecule has 0 atom stereocenters. The first-order valence-electron chi connectivity index (χ1n) is 10.9. The Labute approximate surface area is 174 Å². The second-order valence-corrected chi connectivity index (χ2v) is 8.60. The zero-order valence-corrected chi connectivity index (χ0v) is 16.9. The molecule has 1 aromatic carbocycles. The van der Waals surface area contributed by atoms with E-state index in [2.05, 4.69) is 31.6 Å². The number of fused-ring (bicyclic) bond motifs is 3. The predicted octanol–water partition coefficient (Wildman–Crippen LogP) is 3.70. The molecule has 1 fully saturated rings. The summed E-state index contributed by atoms with van der Waals surface area (Å²) in [6, 6.07) is 12.0. The molecule has 1 aliphatic carbocycles. The number of nitrogens with zero attached hydrogens (tertiary/aromatic N) is 4. The summed E-state index contributed by atoms with van der Waals surface area (Å²) in [5.74, 6) is 1.48. The van der Waals surface area contributed by atoms with Crippen LogP contribution in [0.5, 0.6) is 0 Å². The highest BCUT2D eigenvalue weighted by Gasteiger charge is 2.25. The lowest BCUT2D eigenvalue weighted by Gasteiger charge is -2.31. The topological polar surface area (TPSA) is 63.6 Å². The third-order valence-corrected chi connectivity index (χ3v) is 6.73. The van der Waals surface area contributed by atoms with Crippen molar-refractivity contribution in [2.24, 2.45) is 0 Å². The summed E-state index contributed by atoms with van der Waals surface area (Å²) in [5, 5.41) is 9.86. The van der Waals surface area contributed by atoms with Gasteiger partial charge in [0, 0.05) is 30.1 Å². The standard InChI is InChI=1S/C24H24N4O2/c29-23-14-19(20-12-17-4-3-5-18(17)13-21(20)30-23)15-27-10-7-16(8-11-27)24-26-25-22-6-1-2-9-28(22)24/h1-2,6,9,12-14,16H,3-5,7-8,10-11,15H2. The number of benzene rings is 1. The highest BCUT2D eigenvalue weighted by molar-refractivity contribution is 5.82. The van der Waals surface area contributed by atoms with E-state index in [0.717, 1.165) is 73.3 Å². The van der Waals surface area contributed by atoms with Crippen molar-refractivity contribution in [1.82, 2.24) is 19.5 Å². The van der Waals surface area contributed by atoms with Crippen molar-refractivity contribution in [2.45, 2.75) is 44.6 Å². The molecule has 1 saturated heterocycles. The third-order valence-electron chi connectivity index (χ3n) is 6.73. The molecule has 2 aliphatic rings. The molecule has 1 aliphatic heterocycles. The van der Waals surface area contributed by atoms with E-state index in [1.165, 1.54) is 17.5 Å². The Morgan fingerprint density at radius 1 is 1.03 bits per heavy atom. The Morgan fingerprint density at radius 2 is 1.87 bits per heavy atom. The average molecular weight is 400 g/mol. The van der Waals surface area contributed by atoms with E-state index in [0.29, 0.717) is 5.92 Å². The molecule has 0 saturated carbocycles. The van der Waals surface area contributed by atoms with Gasteiger partial charge in [0.1, 0.15) is 11.4 Å². The van der Waals surface area contributed by atoms with Crippen LogP contribution in [0.25, 0.3) is 16.6 Å². The van der Waals surface area contributed by atoms with E-state index >= 15 is 0 Å². The van der Waals surface area contributed by atoms with Gasteiger partial charge in [-0.1, -0.05) is 6.07 Å². The Kier molecular flexibility index (Phi) is 4.20. The monoisotopic (exact) mass is 400 g/mol. The van der Waals surface area contributed by atoms with E-state index < -0.39 is 0 Å². The molecule has 0 bridgehead atoms. The van der Waals surface area contributed by atoms with Crippen LogP contribution in [0, 0.1) is 0 Å². The molecular formula is C24H24N4O2. The zero-order valence-electron chi connectivity index (χ0n) is 16.9. The average Bonchev–Trinajstić information content (AvgIpc) is 3.39. The van der Waals surface area contributed by atoms with Gasteiger partial charge in [0.15, 0.2) is 5.65 Å². The lowest BCUT2D eigenvalue weighted by Crippen LogP contribution is -2.33. The van der Waals surface area contributed by atoms with Crippen LogP contribution in [-0.2, 0) is 19.4 Å². The van der Waals surface area contributed by atoms with E-state index in [9.17, 15) is 4.79 Å². The van der Waals surface area contributed by atoms with Gasteiger partial charge in [-0.15, -0.1) is 10.2 Å². The summed E-state index contributed by atoms with van der Waals surface area (Å²) < 4.78 is 7.64. The van der Waals surface area contributed by atoms with Crippen LogP contribution in [-0.4, -0.2) is 32.6 Å². The first-order valence-corrected chi connectivity index (χ1v) is 10.9. The molecule has 3 aromatic heterocycles. The van der Waals surface area contributed by atoms with Crippen molar-refractivity contribution in [2.75, 3.05) is 13.1 Å². The predicted molar refractivity (Wildman–Crippen MR) is 115 cm³/mol. The van der Waals surface area contributed by atoms with Crippen molar-refractivity contribution in [3.63, 3.8) is 0 Å². The molecule has 6 heteroatoms. The lowest BCUT2D eigenvalue weighted by molar-refractivity contribution is 0.201. The molecule has 0 unspecified atom stereocenters. The fraction of sp³-hybridized carbons (Fsp3) is 0.375. The largest absolute Gasteiger partial charge is 0.423 e. The molecule has 0 amide bonds. The van der Waals surface area contributed by atoms with Gasteiger partial charge in [-0.25, -0.2) is 4.79 Å². The minimum Gasteiger partial charge on any atom is -0.423 e. The van der Waals surface area contributed by atoms with Crippen LogP contribution in [0.1, 0.15) is 47.7 Å². The number of pyridine rings is 1. The number of rotatable bonds is 3. The normalized spacial score (nSPS) is 17.7. The van der Waals surface area contributed by atoms with Crippen LogP contribution in [0.3, 0.4) is 0 Å². The fourth-order valence-corrected chi connectivity index (χ4v) is 5.15. The summed E-state index contributed by atoms with van der Waals surface area (Å²) in [5.41, 5.74) is 5.23. The van der Waals surface area contributed by atoms with E-state index in [1.807, 2.05) is 24.4 Å². The molecule has 0 spiro atoms. The molecule has 0 N–H and O–H groups in total. The highest BCUT2D eigenvalue weighted by atomic mass is 16.4. The molecule has 152 valence electrons. The molecule has 4 aromatic rings. The van der Waals surface area contributed by atoms with Gasteiger partial charge in [-0.05, 0) is 86.1 Å². The minimum absolute atomic E-state index is 0.250. The maximum absolute atomic E-state index is 12.2. The summed E-state index contributed by atoms with van der Waals surface area (Å²) >= 11 is 0. The molecule has 6 nitrogen and oxygen atoms in total. The Bertz CT molecular complexity index is 1300. The quantitative estimate of drug-likeness (QED) is 0.491. The second-order valence-electron chi connectivity index (χ2n) is 8.60. The van der Waals surface area contributed by atoms with Crippen molar-refractivity contribution in [1.29, 1.82) is 0 Å². The highest BCUT2D eigenvalue weighted by Crippen LogP contribution is 2.31. The Morgan fingerprint density at radius 3 is 2.73 bits per heavy atom. The van der Waals surface area contributed by atoms with Crippen LogP contribution >= 0.6 is 0 Å². The number of hydrogen-bond donors (Lipinski definition) is 0. The number of hydrogen-bond acceptors (Lipinski definition) is 5. The van der Waals surface area contributed by atoms with Gasteiger partial charge in [-0.2, -0.15) is 0 Å². The Hall–Kier alpha value is -2.99. The third kappa shape index (κ3) is 3.03. The summed E-state index contributed by atoms with van der Waals surface area (Å²) in [6.07, 6.45) is 7.54. The smallest absolute Gasteiger partial charge is 0.336 e. The van der Waals surface area contributed by atoms with Gasteiger partial charge in [0.25, 0.3) is 0 Å². The maximum atomic E-state index is 12.2. The Balaban J connectivity index is 1.23. The number of aryl methyl sites for hydroxylation is 2. The first kappa shape index (κ1) is 17.8. The molecule has 6 rings (SSSR count). The molecule has 0 radical (unpaired) electrons. The zero-order chi connectivity index (χ0) is 20.1. The first-order chi connectivity index (χ1) is 14.7. The molecular weight excluding hydrogens is 376 g/mol. The van der Waals surface area contributed by atoms with Gasteiger partial charge in [0.05, 0.1) is 0 Å². The van der Waals surface area contributed by atoms with Gasteiger partial charge >= 0.3 is 5.63 Å². The fourth-order valence-electron chi connectivity index (χ4n) is 5.15. The maximum Gasteiger partial charge on any atom is 0.336 e. The summed E-state index contributed by atoms with van der Waals surface area (Å²) in [6.45, 7) is 2.76. The minimum atomic E-state index is -0.250. The van der Waals surface area contributed by atoms with Crippen molar-refractivity contribution < 1.29 is 4.42 Å². The van der Waals surface area contributed by atoms with E-state index in [4.69, 9.17) is 4.42 Å². The van der Waals surface area contributed by atoms with Crippen LogP contribution < -0.4 is 5.63 Å². The SMILES string of the molecule is O=c1cc(CN2CCC(c3nnc4ccccn34)CC2)c2cc3c(cc2o1)CCC3. The van der Waals surface area contributed by atoms with Crippen LogP contribution in [0.4, 0.5) is 0 Å². The number of aromatic nitrogens is 3. The van der Waals surface area contributed by atoms with Crippen molar-refractivity contribution in [3.05, 3.63) is 75.5 Å². The van der Waals surface area contributed by atoms with Crippen LogP contribution in [0.15, 0.2) is 51.8 Å². The summed E-state index contributed by atoms with van der Waals surface area (Å²) in [7, 11) is 0. The summed E-state index contributed by atoms with van der Waals surface area (Å²) in [4.78, 5) is 14.6. The van der Waals surface area contributed by atoms with Gasteiger partial charge < -0.3 is 4.42 Å². The number of piperidine rings is 1. The van der Waals surface area contributed by atoms with Crippen molar-refractivity contribution >= 4 is 16.6 Å². The van der Waals surface area contributed by atoms with Gasteiger partial charge in [0.2, 0.25) is 0 Å². The van der Waals surface area contributed by atoms with Gasteiger partial charge in [-0.3, -0.25) is 9.30 Å². The number of likely N-dealkylation sites (tertiary alicyclic amines) is 1. The van der Waals surface area contributed by atoms with Crippen molar-refractivity contribution in [3.8, 4) is 0 Å².